The number of hydrogen-bond donors (Lipinski definition) is 2. The van der Waals surface area contributed by atoms with E-state index in [1.165, 1.54) is 6.42 Å². The Balaban J connectivity index is 1.99. The van der Waals surface area contributed by atoms with E-state index in [2.05, 4.69) is 39.3 Å². The van der Waals surface area contributed by atoms with Gasteiger partial charge in [-0.1, -0.05) is 25.4 Å². The number of halogens is 1. The Morgan fingerprint density at radius 1 is 1.38 bits per heavy atom. The highest BCUT2D eigenvalue weighted by atomic mass is 35.5. The summed E-state index contributed by atoms with van der Waals surface area (Å²) in [6.07, 6.45) is 2.12. The van der Waals surface area contributed by atoms with Crippen molar-refractivity contribution in [2.45, 2.75) is 26.7 Å². The normalized spacial score (nSPS) is 20.8. The molecule has 0 bridgehead atoms. The van der Waals surface area contributed by atoms with Gasteiger partial charge < -0.3 is 20.3 Å². The minimum Gasteiger partial charge on any atom is -0.385 e. The van der Waals surface area contributed by atoms with Crippen molar-refractivity contribution in [3.63, 3.8) is 0 Å². The summed E-state index contributed by atoms with van der Waals surface area (Å²) in [6, 6.07) is 1.81. The van der Waals surface area contributed by atoms with Gasteiger partial charge in [-0.05, 0) is 36.9 Å². The van der Waals surface area contributed by atoms with Gasteiger partial charge in [-0.15, -0.1) is 0 Å². The third kappa shape index (κ3) is 6.03. The predicted molar refractivity (Wildman–Crippen MR) is 103 cm³/mol. The molecule has 2 N–H and O–H groups in total. The number of nitrogens with one attached hydrogen (secondary N) is 2. The smallest absolute Gasteiger partial charge is 0.232 e. The number of piperidine rings is 1. The van der Waals surface area contributed by atoms with Crippen LogP contribution in [0, 0.1) is 11.8 Å². The zero-order chi connectivity index (χ0) is 17.5. The Morgan fingerprint density at radius 3 is 2.75 bits per heavy atom. The third-order valence-electron chi connectivity index (χ3n) is 3.91. The zero-order valence-corrected chi connectivity index (χ0v) is 16.1. The lowest BCUT2D eigenvalue weighted by Crippen LogP contribution is -2.39. The van der Waals surface area contributed by atoms with Crippen molar-refractivity contribution in [1.29, 1.82) is 0 Å². The van der Waals surface area contributed by atoms with Crippen LogP contribution in [-0.4, -0.2) is 48.4 Å². The largest absolute Gasteiger partial charge is 0.385 e. The van der Waals surface area contributed by atoms with Gasteiger partial charge in [0.05, 0.1) is 0 Å². The number of anilines is 2. The molecule has 0 aliphatic carbocycles. The molecule has 1 aromatic rings. The summed E-state index contributed by atoms with van der Waals surface area (Å²) in [5.74, 6) is 2.55. The molecule has 8 heteroatoms. The standard InChI is InChI=1S/C16H26ClN5OS/c1-11-7-12(2)10-22(9-11)14-8-13(17)19-15(20-14)21-16(24)18-5-4-6-23-3/h8,11-12H,4-7,9-10H2,1-3H3,(H2,18,19,20,21,24)/t11-,12-/m0/s1. The number of hydrogen-bond acceptors (Lipinski definition) is 5. The zero-order valence-electron chi connectivity index (χ0n) is 14.5. The van der Waals surface area contributed by atoms with Gasteiger partial charge in [0.15, 0.2) is 5.11 Å². The molecule has 0 radical (unpaired) electrons. The van der Waals surface area contributed by atoms with Crippen molar-refractivity contribution < 1.29 is 4.74 Å². The van der Waals surface area contributed by atoms with Gasteiger partial charge in [0.2, 0.25) is 5.95 Å². The van der Waals surface area contributed by atoms with Crippen LogP contribution < -0.4 is 15.5 Å². The van der Waals surface area contributed by atoms with Gasteiger partial charge in [0.25, 0.3) is 0 Å². The maximum absolute atomic E-state index is 6.17. The van der Waals surface area contributed by atoms with Crippen LogP contribution in [0.2, 0.25) is 5.15 Å². The van der Waals surface area contributed by atoms with Crippen molar-refractivity contribution in [3.05, 3.63) is 11.2 Å². The Labute approximate surface area is 154 Å². The van der Waals surface area contributed by atoms with E-state index in [4.69, 9.17) is 28.6 Å². The third-order valence-corrected chi connectivity index (χ3v) is 4.35. The van der Waals surface area contributed by atoms with Crippen molar-refractivity contribution in [2.24, 2.45) is 11.8 Å². The van der Waals surface area contributed by atoms with Gasteiger partial charge in [-0.25, -0.2) is 4.98 Å². The summed E-state index contributed by atoms with van der Waals surface area (Å²) in [6.45, 7) is 7.92. The summed E-state index contributed by atoms with van der Waals surface area (Å²) >= 11 is 11.4. The second-order valence-corrected chi connectivity index (χ2v) is 7.25. The molecule has 2 rings (SSSR count). The SMILES string of the molecule is COCCCNC(=S)Nc1nc(Cl)cc(N2C[C@@H](C)C[C@H](C)C2)n1. The molecule has 1 saturated heterocycles. The first kappa shape index (κ1) is 19.1. The summed E-state index contributed by atoms with van der Waals surface area (Å²) in [4.78, 5) is 11.1. The van der Waals surface area contributed by atoms with Gasteiger partial charge in [-0.3, -0.25) is 0 Å². The molecule has 2 heterocycles. The van der Waals surface area contributed by atoms with E-state index >= 15 is 0 Å². The Morgan fingerprint density at radius 2 is 2.08 bits per heavy atom. The van der Waals surface area contributed by atoms with Crippen molar-refractivity contribution >= 4 is 40.7 Å². The molecular weight excluding hydrogens is 346 g/mol. The van der Waals surface area contributed by atoms with Gasteiger partial charge in [0.1, 0.15) is 11.0 Å². The molecule has 1 aromatic heterocycles. The lowest BCUT2D eigenvalue weighted by atomic mass is 9.92. The molecule has 1 aliphatic rings. The van der Waals surface area contributed by atoms with Crippen LogP contribution in [0.3, 0.4) is 0 Å². The summed E-state index contributed by atoms with van der Waals surface area (Å²) < 4.78 is 5.01. The second kappa shape index (κ2) is 9.34. The minimum absolute atomic E-state index is 0.413. The summed E-state index contributed by atoms with van der Waals surface area (Å²) in [7, 11) is 1.68. The second-order valence-electron chi connectivity index (χ2n) is 6.45. The van der Waals surface area contributed by atoms with Crippen LogP contribution in [0.25, 0.3) is 0 Å². The monoisotopic (exact) mass is 371 g/mol. The van der Waals surface area contributed by atoms with Crippen molar-refractivity contribution in [2.75, 3.05) is 43.6 Å². The number of thiocarbonyl (C=S) groups is 1. The van der Waals surface area contributed by atoms with Gasteiger partial charge in [-0.2, -0.15) is 4.98 Å². The first-order valence-corrected chi connectivity index (χ1v) is 9.10. The fraction of sp³-hybridized carbons (Fsp3) is 0.688. The van der Waals surface area contributed by atoms with Crippen molar-refractivity contribution in [3.8, 4) is 0 Å². The van der Waals surface area contributed by atoms with E-state index in [1.54, 1.807) is 7.11 Å². The number of methoxy groups -OCH3 is 1. The fourth-order valence-corrected chi connectivity index (χ4v) is 3.41. The van der Waals surface area contributed by atoms with Gasteiger partial charge >= 0.3 is 0 Å². The number of aromatic nitrogens is 2. The van der Waals surface area contributed by atoms with E-state index < -0.39 is 0 Å². The number of nitrogens with zero attached hydrogens (tertiary/aromatic N) is 3. The Kier molecular flexibility index (Phi) is 7.45. The highest BCUT2D eigenvalue weighted by Gasteiger charge is 2.23. The summed E-state index contributed by atoms with van der Waals surface area (Å²) in [5, 5.41) is 7.01. The van der Waals surface area contributed by atoms with Crippen LogP contribution in [0.15, 0.2) is 6.07 Å². The van der Waals surface area contributed by atoms with E-state index in [-0.39, 0.29) is 0 Å². The number of ether oxygens (including phenoxy) is 1. The molecular formula is C16H26ClN5OS. The average molecular weight is 372 g/mol. The summed E-state index contributed by atoms with van der Waals surface area (Å²) in [5.41, 5.74) is 0. The number of rotatable bonds is 6. The van der Waals surface area contributed by atoms with E-state index in [9.17, 15) is 0 Å². The minimum atomic E-state index is 0.413. The molecule has 0 amide bonds. The molecule has 0 unspecified atom stereocenters. The molecule has 24 heavy (non-hydrogen) atoms. The first-order valence-electron chi connectivity index (χ1n) is 8.31. The fourth-order valence-electron chi connectivity index (χ4n) is 3.04. The van der Waals surface area contributed by atoms with Crippen LogP contribution in [0.4, 0.5) is 11.8 Å². The first-order chi connectivity index (χ1) is 11.5. The van der Waals surface area contributed by atoms with Crippen molar-refractivity contribution in [1.82, 2.24) is 15.3 Å². The van der Waals surface area contributed by atoms with E-state index in [1.807, 2.05) is 6.07 Å². The maximum atomic E-state index is 6.17. The topological polar surface area (TPSA) is 62.3 Å². The molecule has 1 fully saturated rings. The van der Waals surface area contributed by atoms with E-state index in [0.29, 0.717) is 34.7 Å². The molecule has 0 saturated carbocycles. The Bertz CT molecular complexity index is 549. The van der Waals surface area contributed by atoms with Crippen LogP contribution >= 0.6 is 23.8 Å². The maximum Gasteiger partial charge on any atom is 0.232 e. The lowest BCUT2D eigenvalue weighted by Gasteiger charge is -2.35. The highest BCUT2D eigenvalue weighted by Crippen LogP contribution is 2.26. The predicted octanol–water partition coefficient (Wildman–Crippen LogP) is 2.94. The Hall–Kier alpha value is -1.18. The molecule has 2 atom stereocenters. The molecule has 6 nitrogen and oxygen atoms in total. The molecule has 1 aliphatic heterocycles. The average Bonchev–Trinajstić information content (AvgIpc) is 2.50. The molecule has 0 spiro atoms. The lowest BCUT2D eigenvalue weighted by molar-refractivity contribution is 0.196. The molecule has 0 aromatic carbocycles. The highest BCUT2D eigenvalue weighted by molar-refractivity contribution is 7.80. The quantitative estimate of drug-likeness (QED) is 0.453. The van der Waals surface area contributed by atoms with Crippen LogP contribution in [0.1, 0.15) is 26.7 Å². The van der Waals surface area contributed by atoms with Crippen LogP contribution in [-0.2, 0) is 4.74 Å². The van der Waals surface area contributed by atoms with E-state index in [0.717, 1.165) is 31.9 Å². The van der Waals surface area contributed by atoms with Crippen LogP contribution in [0.5, 0.6) is 0 Å². The van der Waals surface area contributed by atoms with Gasteiger partial charge in [0, 0.05) is 39.4 Å². The molecule has 134 valence electrons.